The molecular weight excluding hydrogens is 184 g/mol. The smallest absolute Gasteiger partial charge is 0.313 e. The maximum atomic E-state index is 11.1. The molecular formula is C10H18O4. The minimum atomic E-state index is -0.461. The fourth-order valence-corrected chi connectivity index (χ4v) is 0.809. The Morgan fingerprint density at radius 2 is 1.71 bits per heavy atom. The van der Waals surface area contributed by atoms with Gasteiger partial charge in [-0.2, -0.15) is 0 Å². The molecule has 0 saturated carbocycles. The van der Waals surface area contributed by atoms with Gasteiger partial charge in [0.25, 0.3) is 0 Å². The molecule has 0 unspecified atom stereocenters. The molecule has 0 radical (unpaired) electrons. The van der Waals surface area contributed by atoms with Crippen LogP contribution in [0, 0.1) is 0 Å². The van der Waals surface area contributed by atoms with E-state index < -0.39 is 5.97 Å². The standard InChI is InChI=1S/C10H18O4/c1-3-5-13-8-9(11)7-10(12)14-6-4-2/h3-8H2,1-2H3. The Bertz CT molecular complexity index is 177. The third kappa shape index (κ3) is 7.73. The molecule has 4 heteroatoms. The van der Waals surface area contributed by atoms with Crippen LogP contribution in [0.5, 0.6) is 0 Å². The number of hydrogen-bond donors (Lipinski definition) is 0. The van der Waals surface area contributed by atoms with Crippen LogP contribution in [-0.4, -0.2) is 31.6 Å². The molecule has 14 heavy (non-hydrogen) atoms. The van der Waals surface area contributed by atoms with Crippen LogP contribution in [0.1, 0.15) is 33.1 Å². The molecule has 0 aromatic rings. The van der Waals surface area contributed by atoms with Gasteiger partial charge in [0, 0.05) is 6.61 Å². The predicted molar refractivity (Wildman–Crippen MR) is 52.0 cm³/mol. The molecule has 0 aliphatic rings. The third-order valence-electron chi connectivity index (χ3n) is 1.42. The zero-order valence-corrected chi connectivity index (χ0v) is 8.88. The molecule has 0 aliphatic carbocycles. The summed E-state index contributed by atoms with van der Waals surface area (Å²) in [4.78, 5) is 22.0. The highest BCUT2D eigenvalue weighted by Crippen LogP contribution is 1.92. The molecule has 0 aromatic heterocycles. The third-order valence-corrected chi connectivity index (χ3v) is 1.42. The minimum Gasteiger partial charge on any atom is -0.465 e. The van der Waals surface area contributed by atoms with Crippen molar-refractivity contribution in [2.75, 3.05) is 19.8 Å². The lowest BCUT2D eigenvalue weighted by atomic mass is 10.3. The van der Waals surface area contributed by atoms with Crippen molar-refractivity contribution < 1.29 is 19.1 Å². The monoisotopic (exact) mass is 202 g/mol. The van der Waals surface area contributed by atoms with Gasteiger partial charge in [-0.3, -0.25) is 9.59 Å². The summed E-state index contributed by atoms with van der Waals surface area (Å²) in [5, 5.41) is 0. The highest BCUT2D eigenvalue weighted by Gasteiger charge is 2.09. The fraction of sp³-hybridized carbons (Fsp3) is 0.800. The van der Waals surface area contributed by atoms with Gasteiger partial charge in [0.15, 0.2) is 5.78 Å². The molecule has 0 rings (SSSR count). The second-order valence-electron chi connectivity index (χ2n) is 2.99. The van der Waals surface area contributed by atoms with E-state index in [1.807, 2.05) is 13.8 Å². The highest BCUT2D eigenvalue weighted by atomic mass is 16.5. The minimum absolute atomic E-state index is 0.00899. The first-order chi connectivity index (χ1) is 6.70. The van der Waals surface area contributed by atoms with Crippen LogP contribution in [0.2, 0.25) is 0 Å². The van der Waals surface area contributed by atoms with Crippen molar-refractivity contribution in [3.05, 3.63) is 0 Å². The van der Waals surface area contributed by atoms with Crippen molar-refractivity contribution in [1.29, 1.82) is 0 Å². The average molecular weight is 202 g/mol. The van der Waals surface area contributed by atoms with E-state index in [0.29, 0.717) is 13.2 Å². The van der Waals surface area contributed by atoms with Crippen LogP contribution in [0.25, 0.3) is 0 Å². The van der Waals surface area contributed by atoms with Gasteiger partial charge in [-0.05, 0) is 12.8 Å². The van der Waals surface area contributed by atoms with Gasteiger partial charge in [-0.1, -0.05) is 13.8 Å². The summed E-state index contributed by atoms with van der Waals surface area (Å²) >= 11 is 0. The number of esters is 1. The first kappa shape index (κ1) is 13.1. The predicted octanol–water partition coefficient (Wildman–Crippen LogP) is 1.33. The molecule has 0 spiro atoms. The molecule has 0 aromatic carbocycles. The first-order valence-corrected chi connectivity index (χ1v) is 4.95. The molecule has 0 fully saturated rings. The summed E-state index contributed by atoms with van der Waals surface area (Å²) < 4.78 is 9.75. The number of ether oxygens (including phenoxy) is 2. The van der Waals surface area contributed by atoms with Crippen LogP contribution in [0.3, 0.4) is 0 Å². The van der Waals surface area contributed by atoms with Crippen molar-refractivity contribution in [2.45, 2.75) is 33.1 Å². The summed E-state index contributed by atoms with van der Waals surface area (Å²) in [5.41, 5.74) is 0. The lowest BCUT2D eigenvalue weighted by Crippen LogP contribution is -2.16. The molecule has 0 saturated heterocycles. The Morgan fingerprint density at radius 1 is 1.07 bits per heavy atom. The molecule has 0 heterocycles. The zero-order chi connectivity index (χ0) is 10.8. The first-order valence-electron chi connectivity index (χ1n) is 4.95. The normalized spacial score (nSPS) is 9.86. The number of hydrogen-bond acceptors (Lipinski definition) is 4. The lowest BCUT2D eigenvalue weighted by molar-refractivity contribution is -0.146. The molecule has 0 amide bonds. The van der Waals surface area contributed by atoms with Crippen LogP contribution in [0.4, 0.5) is 0 Å². The molecule has 4 nitrogen and oxygen atoms in total. The topological polar surface area (TPSA) is 52.6 Å². The van der Waals surface area contributed by atoms with Crippen molar-refractivity contribution >= 4 is 11.8 Å². The van der Waals surface area contributed by atoms with Crippen molar-refractivity contribution in [1.82, 2.24) is 0 Å². The second-order valence-corrected chi connectivity index (χ2v) is 2.99. The van der Waals surface area contributed by atoms with E-state index >= 15 is 0 Å². The Kier molecular flexibility index (Phi) is 8.13. The second kappa shape index (κ2) is 8.69. The largest absolute Gasteiger partial charge is 0.465 e. The zero-order valence-electron chi connectivity index (χ0n) is 8.88. The van der Waals surface area contributed by atoms with E-state index in [0.717, 1.165) is 12.8 Å². The van der Waals surface area contributed by atoms with E-state index in [1.54, 1.807) is 0 Å². The van der Waals surface area contributed by atoms with Gasteiger partial charge in [-0.15, -0.1) is 0 Å². The summed E-state index contributed by atoms with van der Waals surface area (Å²) in [7, 11) is 0. The van der Waals surface area contributed by atoms with Gasteiger partial charge in [0.1, 0.15) is 13.0 Å². The average Bonchev–Trinajstić information content (AvgIpc) is 2.15. The molecule has 0 aliphatic heterocycles. The number of ketones is 1. The quantitative estimate of drug-likeness (QED) is 0.338. The Morgan fingerprint density at radius 3 is 2.29 bits per heavy atom. The fourth-order valence-electron chi connectivity index (χ4n) is 0.809. The number of Topliss-reactive ketones (excluding diaryl/α,β-unsaturated/α-hetero) is 1. The van der Waals surface area contributed by atoms with E-state index in [1.165, 1.54) is 0 Å². The van der Waals surface area contributed by atoms with E-state index in [-0.39, 0.29) is 18.8 Å². The van der Waals surface area contributed by atoms with Crippen molar-refractivity contribution in [3.63, 3.8) is 0 Å². The van der Waals surface area contributed by atoms with Crippen LogP contribution in [-0.2, 0) is 19.1 Å². The number of rotatable bonds is 8. The molecule has 0 bridgehead atoms. The number of carbonyl (C=O) groups is 2. The SMILES string of the molecule is CCCOCC(=O)CC(=O)OCCC. The van der Waals surface area contributed by atoms with Gasteiger partial charge in [0.2, 0.25) is 0 Å². The Hall–Kier alpha value is -0.900. The lowest BCUT2D eigenvalue weighted by Gasteiger charge is -2.03. The molecule has 82 valence electrons. The molecule has 0 N–H and O–H groups in total. The van der Waals surface area contributed by atoms with Crippen LogP contribution < -0.4 is 0 Å². The van der Waals surface area contributed by atoms with Gasteiger partial charge in [0.05, 0.1) is 6.61 Å². The summed E-state index contributed by atoms with van der Waals surface area (Å²) in [6.07, 6.45) is 1.46. The maximum Gasteiger partial charge on any atom is 0.313 e. The van der Waals surface area contributed by atoms with Crippen molar-refractivity contribution in [2.24, 2.45) is 0 Å². The van der Waals surface area contributed by atoms with Crippen LogP contribution in [0.15, 0.2) is 0 Å². The van der Waals surface area contributed by atoms with E-state index in [9.17, 15) is 9.59 Å². The van der Waals surface area contributed by atoms with Gasteiger partial charge in [-0.25, -0.2) is 0 Å². The highest BCUT2D eigenvalue weighted by molar-refractivity contribution is 5.96. The van der Waals surface area contributed by atoms with Crippen molar-refractivity contribution in [3.8, 4) is 0 Å². The van der Waals surface area contributed by atoms with Gasteiger partial charge < -0.3 is 9.47 Å². The van der Waals surface area contributed by atoms with E-state index in [4.69, 9.17) is 9.47 Å². The summed E-state index contributed by atoms with van der Waals surface area (Å²) in [6, 6.07) is 0. The summed E-state index contributed by atoms with van der Waals surface area (Å²) in [6.45, 7) is 4.80. The summed E-state index contributed by atoms with van der Waals surface area (Å²) in [5.74, 6) is -0.684. The maximum absolute atomic E-state index is 11.1. The van der Waals surface area contributed by atoms with E-state index in [2.05, 4.69) is 0 Å². The van der Waals surface area contributed by atoms with Gasteiger partial charge >= 0.3 is 5.97 Å². The number of carbonyl (C=O) groups excluding carboxylic acids is 2. The Balaban J connectivity index is 3.45. The Labute approximate surface area is 84.6 Å². The molecule has 0 atom stereocenters. The van der Waals surface area contributed by atoms with Crippen LogP contribution >= 0.6 is 0 Å².